The summed E-state index contributed by atoms with van der Waals surface area (Å²) in [5, 5.41) is 15.6. The molecule has 18 heteroatoms. The number of carbonyl (C=O) groups is 3. The van der Waals surface area contributed by atoms with Crippen molar-refractivity contribution in [2.45, 2.75) is 87.8 Å². The Balaban J connectivity index is 1.07. The van der Waals surface area contributed by atoms with E-state index in [1.54, 1.807) is 20.8 Å². The lowest BCUT2D eigenvalue weighted by molar-refractivity contribution is -0.166. The van der Waals surface area contributed by atoms with E-state index in [1.807, 2.05) is 11.8 Å². The highest BCUT2D eigenvalue weighted by Gasteiger charge is 2.65. The molecule has 3 aliphatic heterocycles. The van der Waals surface area contributed by atoms with Crippen molar-refractivity contribution in [2.75, 3.05) is 45.3 Å². The number of nitrogens with zero attached hydrogens (tertiary/aromatic N) is 2. The Labute approximate surface area is 280 Å². The van der Waals surface area contributed by atoms with Crippen LogP contribution in [0.25, 0.3) is 0 Å². The molecular weight excluding hydrogens is 661 g/mol. The van der Waals surface area contributed by atoms with Crippen LogP contribution < -0.4 is 26.2 Å². The number of fused-ring (bicyclic) bond motifs is 1. The predicted molar refractivity (Wildman–Crippen MR) is 167 cm³/mol. The average Bonchev–Trinajstić information content (AvgIpc) is 3.64. The van der Waals surface area contributed by atoms with Crippen molar-refractivity contribution in [3.63, 3.8) is 0 Å². The lowest BCUT2D eigenvalue weighted by Crippen LogP contribution is -2.36. The van der Waals surface area contributed by atoms with E-state index < -0.39 is 23.5 Å². The number of thioether (sulfide) groups is 1. The molecule has 2 saturated heterocycles. The molecule has 14 nitrogen and oxygen atoms in total. The number of nitrogens with one attached hydrogen (secondary N) is 4. The number of amides is 4. The Morgan fingerprint density at radius 3 is 2.48 bits per heavy atom. The van der Waals surface area contributed by atoms with Crippen molar-refractivity contribution in [1.29, 1.82) is 0 Å². The molecular formula is C30H43F3N6O8S. The fourth-order valence-corrected chi connectivity index (χ4v) is 6.64. The number of alkyl halides is 3. The largest absolute Gasteiger partial charge is 0.491 e. The maximum absolute atomic E-state index is 13.6. The first kappa shape index (κ1) is 37.5. The standard InChI is InChI=1S/C30H43F3N6O8S/c1-28(2,3)47-27(42)37-46-17-19-8-9-20(29(38-39-29)30(31,32)33)16-22(19)45-15-14-44-13-12-43-11-10-34-24(40)7-5-4-6-23-25-21(18-48-23)35-26(41)36-25/h8-9,16,21,23,25H,4-7,10-15,17-18H2,1-3H3,(H,34,40)(H,37,42)(H2,35,36,41)/t21-,23+,25-/m1/s1. The van der Waals surface area contributed by atoms with Gasteiger partial charge in [-0.15, -0.1) is 10.2 Å². The Morgan fingerprint density at radius 2 is 1.77 bits per heavy atom. The number of carbonyl (C=O) groups excluding carboxylic acids is 3. The number of unbranched alkanes of at least 4 members (excludes halogenated alkanes) is 1. The number of urea groups is 1. The first-order chi connectivity index (χ1) is 22.8. The highest BCUT2D eigenvalue weighted by molar-refractivity contribution is 8.00. The van der Waals surface area contributed by atoms with Crippen molar-refractivity contribution in [2.24, 2.45) is 10.2 Å². The number of benzene rings is 1. The fraction of sp³-hybridized carbons (Fsp3) is 0.700. The normalized spacial score (nSPS) is 20.9. The third-order valence-electron chi connectivity index (χ3n) is 7.45. The van der Waals surface area contributed by atoms with Gasteiger partial charge in [-0.3, -0.25) is 9.63 Å². The van der Waals surface area contributed by atoms with E-state index in [0.29, 0.717) is 30.4 Å². The average molecular weight is 705 g/mol. The number of hydrogen-bond donors (Lipinski definition) is 4. The monoisotopic (exact) mass is 704 g/mol. The number of hydrogen-bond acceptors (Lipinski definition) is 11. The molecule has 1 aromatic rings. The summed E-state index contributed by atoms with van der Waals surface area (Å²) in [6.45, 7) is 6.13. The Bertz CT molecular complexity index is 1290. The quantitative estimate of drug-likeness (QED) is 0.0942. The van der Waals surface area contributed by atoms with E-state index >= 15 is 0 Å². The van der Waals surface area contributed by atoms with Gasteiger partial charge in [-0.2, -0.15) is 30.4 Å². The van der Waals surface area contributed by atoms with E-state index in [2.05, 4.69) is 31.7 Å². The van der Waals surface area contributed by atoms with Crippen LogP contribution in [0.4, 0.5) is 22.8 Å². The summed E-state index contributed by atoms with van der Waals surface area (Å²) in [6.07, 6.45) is -2.47. The molecule has 0 unspecified atom stereocenters. The Morgan fingerprint density at radius 1 is 1.04 bits per heavy atom. The summed E-state index contributed by atoms with van der Waals surface area (Å²) in [5.41, 5.74) is -1.10. The first-order valence-corrected chi connectivity index (χ1v) is 16.8. The van der Waals surface area contributed by atoms with Crippen LogP contribution in [0.15, 0.2) is 28.4 Å². The molecule has 4 amide bonds. The molecule has 0 saturated carbocycles. The molecule has 0 aliphatic carbocycles. The SMILES string of the molecule is CC(C)(C)OC(=O)NOCc1ccc(C2(C(F)(F)F)N=N2)cc1OCCOCCOCCNC(=O)CCCC[C@@H]1SC[C@H]2NC(=O)N[C@@H]12. The molecule has 4 N–H and O–H groups in total. The van der Waals surface area contributed by atoms with E-state index in [4.69, 9.17) is 23.8 Å². The van der Waals surface area contributed by atoms with Crippen LogP contribution in [-0.4, -0.2) is 92.5 Å². The number of halogens is 3. The second-order valence-corrected chi connectivity index (χ2v) is 13.6. The molecule has 48 heavy (non-hydrogen) atoms. The van der Waals surface area contributed by atoms with Crippen LogP contribution in [0, 0.1) is 0 Å². The van der Waals surface area contributed by atoms with Crippen LogP contribution in [0.1, 0.15) is 57.6 Å². The Kier molecular flexibility index (Phi) is 13.2. The third kappa shape index (κ3) is 11.1. The van der Waals surface area contributed by atoms with Gasteiger partial charge in [0.25, 0.3) is 0 Å². The molecule has 0 bridgehead atoms. The number of ether oxygens (including phenoxy) is 4. The van der Waals surface area contributed by atoms with Gasteiger partial charge in [-0.25, -0.2) is 9.59 Å². The summed E-state index contributed by atoms with van der Waals surface area (Å²) >= 11 is 1.86. The zero-order chi connectivity index (χ0) is 34.8. The Hall–Kier alpha value is -3.35. The number of rotatable bonds is 19. The summed E-state index contributed by atoms with van der Waals surface area (Å²) in [6, 6.07) is 4.07. The van der Waals surface area contributed by atoms with Gasteiger partial charge in [-0.05, 0) is 39.7 Å². The molecule has 268 valence electrons. The van der Waals surface area contributed by atoms with Crippen molar-refractivity contribution in [1.82, 2.24) is 21.4 Å². The minimum atomic E-state index is -4.71. The van der Waals surface area contributed by atoms with Gasteiger partial charge in [0, 0.05) is 35.1 Å². The van der Waals surface area contributed by atoms with Gasteiger partial charge in [0.05, 0.1) is 38.5 Å². The minimum Gasteiger partial charge on any atom is -0.491 e. The molecule has 0 aromatic heterocycles. The van der Waals surface area contributed by atoms with Gasteiger partial charge in [-0.1, -0.05) is 18.6 Å². The zero-order valence-electron chi connectivity index (χ0n) is 27.2. The maximum atomic E-state index is 13.6. The zero-order valence-corrected chi connectivity index (χ0v) is 28.0. The molecule has 3 atom stereocenters. The molecule has 1 aromatic carbocycles. The van der Waals surface area contributed by atoms with E-state index in [1.165, 1.54) is 18.2 Å². The molecule has 3 heterocycles. The van der Waals surface area contributed by atoms with Crippen molar-refractivity contribution in [3.05, 3.63) is 29.3 Å². The summed E-state index contributed by atoms with van der Waals surface area (Å²) < 4.78 is 62.5. The molecule has 3 aliphatic rings. The van der Waals surface area contributed by atoms with E-state index in [0.717, 1.165) is 25.0 Å². The predicted octanol–water partition coefficient (Wildman–Crippen LogP) is 4.08. The van der Waals surface area contributed by atoms with Crippen LogP contribution in [0.2, 0.25) is 0 Å². The summed E-state index contributed by atoms with van der Waals surface area (Å²) in [7, 11) is 0. The highest BCUT2D eigenvalue weighted by atomic mass is 32.2. The van der Waals surface area contributed by atoms with Crippen LogP contribution in [0.3, 0.4) is 0 Å². The molecule has 0 spiro atoms. The smallest absolute Gasteiger partial charge is 0.442 e. The van der Waals surface area contributed by atoms with Gasteiger partial charge in [0.15, 0.2) is 0 Å². The van der Waals surface area contributed by atoms with E-state index in [-0.39, 0.29) is 68.4 Å². The van der Waals surface area contributed by atoms with Crippen LogP contribution in [0.5, 0.6) is 5.75 Å². The second kappa shape index (κ2) is 16.8. The third-order valence-corrected chi connectivity index (χ3v) is 8.96. The maximum Gasteiger partial charge on any atom is 0.442 e. The highest BCUT2D eigenvalue weighted by Crippen LogP contribution is 2.53. The van der Waals surface area contributed by atoms with Crippen LogP contribution in [-0.2, 0) is 36.1 Å². The topological polar surface area (TPSA) is 170 Å². The summed E-state index contributed by atoms with van der Waals surface area (Å²) in [4.78, 5) is 40.6. The minimum absolute atomic E-state index is 0.00546. The molecule has 4 rings (SSSR count). The van der Waals surface area contributed by atoms with Gasteiger partial charge in [0.2, 0.25) is 5.91 Å². The van der Waals surface area contributed by atoms with Gasteiger partial charge >= 0.3 is 24.0 Å². The second-order valence-electron chi connectivity index (χ2n) is 12.4. The lowest BCUT2D eigenvalue weighted by atomic mass is 10.0. The molecule has 2 fully saturated rings. The van der Waals surface area contributed by atoms with Crippen molar-refractivity contribution in [3.8, 4) is 5.75 Å². The summed E-state index contributed by atoms with van der Waals surface area (Å²) in [5.74, 6) is 0.958. The van der Waals surface area contributed by atoms with Crippen LogP contribution >= 0.6 is 11.8 Å². The molecule has 0 radical (unpaired) electrons. The van der Waals surface area contributed by atoms with Crippen molar-refractivity contribution < 1.29 is 51.3 Å². The van der Waals surface area contributed by atoms with E-state index in [9.17, 15) is 27.6 Å². The van der Waals surface area contributed by atoms with Crippen molar-refractivity contribution >= 4 is 29.8 Å². The lowest BCUT2D eigenvalue weighted by Gasteiger charge is -2.20. The first-order valence-electron chi connectivity index (χ1n) is 15.8. The number of hydroxylamine groups is 1. The fourth-order valence-electron chi connectivity index (χ4n) is 5.10. The van der Waals surface area contributed by atoms with Gasteiger partial charge in [0.1, 0.15) is 24.6 Å². The van der Waals surface area contributed by atoms with Gasteiger partial charge < -0.3 is 34.9 Å².